The maximum atomic E-state index is 13.6. The lowest BCUT2D eigenvalue weighted by Gasteiger charge is -2.14. The van der Waals surface area contributed by atoms with Crippen molar-refractivity contribution in [3.8, 4) is 17.2 Å². The molecule has 0 saturated carbocycles. The Morgan fingerprint density at radius 3 is 2.36 bits per heavy atom. The van der Waals surface area contributed by atoms with E-state index in [1.54, 1.807) is 32.4 Å². The van der Waals surface area contributed by atoms with Crippen molar-refractivity contribution in [3.05, 3.63) is 53.0 Å². The standard InChI is InChI=1S/C21H23FN2O4/c1-12-15(16-9-14(22)5-6-17(16)24-12)10-20(25)23-11-13-7-18(26-2)21(28-4)19(8-13)27-3/h5-9,24H,10-11H2,1-4H3,(H,23,25). The zero-order chi connectivity index (χ0) is 20.3. The summed E-state index contributed by atoms with van der Waals surface area (Å²) in [6.45, 7) is 2.17. The van der Waals surface area contributed by atoms with Gasteiger partial charge < -0.3 is 24.5 Å². The average molecular weight is 386 g/mol. The molecule has 3 aromatic rings. The minimum absolute atomic E-state index is 0.152. The third kappa shape index (κ3) is 3.88. The molecule has 6 nitrogen and oxygen atoms in total. The van der Waals surface area contributed by atoms with Crippen LogP contribution >= 0.6 is 0 Å². The van der Waals surface area contributed by atoms with E-state index >= 15 is 0 Å². The Morgan fingerprint density at radius 2 is 1.75 bits per heavy atom. The van der Waals surface area contributed by atoms with Crippen molar-refractivity contribution in [3.63, 3.8) is 0 Å². The third-order valence-electron chi connectivity index (χ3n) is 4.63. The number of aromatic nitrogens is 1. The molecule has 1 heterocycles. The first kappa shape index (κ1) is 19.5. The van der Waals surface area contributed by atoms with Gasteiger partial charge in [-0.25, -0.2) is 4.39 Å². The number of rotatable bonds is 7. The van der Waals surface area contributed by atoms with Crippen molar-refractivity contribution >= 4 is 16.8 Å². The highest BCUT2D eigenvalue weighted by atomic mass is 19.1. The summed E-state index contributed by atoms with van der Waals surface area (Å²) >= 11 is 0. The van der Waals surface area contributed by atoms with Crippen LogP contribution in [0.2, 0.25) is 0 Å². The number of benzene rings is 2. The van der Waals surface area contributed by atoms with Crippen LogP contribution in [0, 0.1) is 12.7 Å². The topological polar surface area (TPSA) is 72.6 Å². The molecule has 2 N–H and O–H groups in total. The number of hydrogen-bond donors (Lipinski definition) is 2. The molecule has 0 aliphatic rings. The van der Waals surface area contributed by atoms with E-state index in [9.17, 15) is 9.18 Å². The van der Waals surface area contributed by atoms with Crippen LogP contribution < -0.4 is 19.5 Å². The monoisotopic (exact) mass is 386 g/mol. The van der Waals surface area contributed by atoms with Crippen molar-refractivity contribution in [1.29, 1.82) is 0 Å². The van der Waals surface area contributed by atoms with Crippen molar-refractivity contribution in [1.82, 2.24) is 10.3 Å². The van der Waals surface area contributed by atoms with Gasteiger partial charge in [-0.1, -0.05) is 0 Å². The number of hydrogen-bond acceptors (Lipinski definition) is 4. The third-order valence-corrected chi connectivity index (χ3v) is 4.63. The number of aromatic amines is 1. The summed E-state index contributed by atoms with van der Waals surface area (Å²) in [5, 5.41) is 3.61. The molecule has 2 aromatic carbocycles. The highest BCUT2D eigenvalue weighted by Gasteiger charge is 2.15. The van der Waals surface area contributed by atoms with Gasteiger partial charge in [0.1, 0.15) is 5.82 Å². The summed E-state index contributed by atoms with van der Waals surface area (Å²) < 4.78 is 29.5. The van der Waals surface area contributed by atoms with E-state index in [4.69, 9.17) is 14.2 Å². The first-order valence-electron chi connectivity index (χ1n) is 8.79. The summed E-state index contributed by atoms with van der Waals surface area (Å²) in [5.41, 5.74) is 3.26. The molecule has 7 heteroatoms. The van der Waals surface area contributed by atoms with Crippen LogP contribution in [0.4, 0.5) is 4.39 Å². The summed E-state index contributed by atoms with van der Waals surface area (Å²) in [7, 11) is 4.62. The second-order valence-corrected chi connectivity index (χ2v) is 6.41. The summed E-state index contributed by atoms with van der Waals surface area (Å²) in [4.78, 5) is 15.7. The van der Waals surface area contributed by atoms with Gasteiger partial charge >= 0.3 is 0 Å². The Labute approximate surface area is 162 Å². The Kier molecular flexibility index (Phi) is 5.73. The number of fused-ring (bicyclic) bond motifs is 1. The second-order valence-electron chi connectivity index (χ2n) is 6.41. The molecule has 1 aromatic heterocycles. The second kappa shape index (κ2) is 8.21. The number of ether oxygens (including phenoxy) is 3. The van der Waals surface area contributed by atoms with Gasteiger partial charge in [-0.05, 0) is 48.4 Å². The molecule has 0 radical (unpaired) electrons. The van der Waals surface area contributed by atoms with Crippen LogP contribution in [0.1, 0.15) is 16.8 Å². The molecule has 0 bridgehead atoms. The molecular weight excluding hydrogens is 363 g/mol. The maximum Gasteiger partial charge on any atom is 0.224 e. The normalized spacial score (nSPS) is 10.8. The Morgan fingerprint density at radius 1 is 1.07 bits per heavy atom. The van der Waals surface area contributed by atoms with Crippen LogP contribution in [0.5, 0.6) is 17.2 Å². The highest BCUT2D eigenvalue weighted by Crippen LogP contribution is 2.38. The fourth-order valence-corrected chi connectivity index (χ4v) is 3.24. The number of H-pyrrole nitrogens is 1. The molecular formula is C21H23FN2O4. The largest absolute Gasteiger partial charge is 0.493 e. The summed E-state index contributed by atoms with van der Waals surface area (Å²) in [6, 6.07) is 8.09. The first-order chi connectivity index (χ1) is 13.5. The molecule has 1 amide bonds. The molecule has 0 saturated heterocycles. The summed E-state index contributed by atoms with van der Waals surface area (Å²) in [6.07, 6.45) is 0.152. The molecule has 0 spiro atoms. The van der Waals surface area contributed by atoms with E-state index in [1.807, 2.05) is 6.92 Å². The van der Waals surface area contributed by atoms with E-state index < -0.39 is 0 Å². The van der Waals surface area contributed by atoms with E-state index in [2.05, 4.69) is 10.3 Å². The van der Waals surface area contributed by atoms with Crippen molar-refractivity contribution < 1.29 is 23.4 Å². The number of amides is 1. The van der Waals surface area contributed by atoms with Gasteiger partial charge in [-0.3, -0.25) is 4.79 Å². The molecule has 148 valence electrons. The van der Waals surface area contributed by atoms with Gasteiger partial charge in [0.25, 0.3) is 0 Å². The maximum absolute atomic E-state index is 13.6. The highest BCUT2D eigenvalue weighted by molar-refractivity contribution is 5.90. The van der Waals surface area contributed by atoms with Crippen molar-refractivity contribution in [2.75, 3.05) is 21.3 Å². The number of nitrogens with one attached hydrogen (secondary N) is 2. The van der Waals surface area contributed by atoms with Crippen LogP contribution in [-0.4, -0.2) is 32.2 Å². The minimum Gasteiger partial charge on any atom is -0.493 e. The van der Waals surface area contributed by atoms with E-state index in [-0.39, 0.29) is 18.1 Å². The molecule has 0 atom stereocenters. The molecule has 0 unspecified atom stereocenters. The molecule has 0 fully saturated rings. The predicted octanol–water partition coefficient (Wildman–Crippen LogP) is 3.50. The summed E-state index contributed by atoms with van der Waals surface area (Å²) in [5.74, 6) is 1.05. The van der Waals surface area contributed by atoms with Crippen LogP contribution in [0.25, 0.3) is 10.9 Å². The Hall–Kier alpha value is -3.22. The lowest BCUT2D eigenvalue weighted by molar-refractivity contribution is -0.120. The number of methoxy groups -OCH3 is 3. The fourth-order valence-electron chi connectivity index (χ4n) is 3.24. The number of carbonyl (C=O) groups is 1. The van der Waals surface area contributed by atoms with Crippen molar-refractivity contribution in [2.24, 2.45) is 0 Å². The zero-order valence-electron chi connectivity index (χ0n) is 16.3. The molecule has 0 aliphatic carbocycles. The van der Waals surface area contributed by atoms with Gasteiger partial charge in [0.15, 0.2) is 11.5 Å². The Balaban J connectivity index is 1.75. The lowest BCUT2D eigenvalue weighted by Crippen LogP contribution is -2.24. The number of halogens is 1. The first-order valence-corrected chi connectivity index (χ1v) is 8.79. The molecule has 0 aliphatic heterocycles. The fraction of sp³-hybridized carbons (Fsp3) is 0.286. The zero-order valence-corrected chi connectivity index (χ0v) is 16.3. The van der Waals surface area contributed by atoms with Crippen LogP contribution in [-0.2, 0) is 17.8 Å². The molecule has 28 heavy (non-hydrogen) atoms. The van der Waals surface area contributed by atoms with Gasteiger partial charge in [-0.15, -0.1) is 0 Å². The van der Waals surface area contributed by atoms with E-state index in [0.717, 1.165) is 27.7 Å². The van der Waals surface area contributed by atoms with E-state index in [1.165, 1.54) is 19.2 Å². The molecule has 3 rings (SSSR count). The van der Waals surface area contributed by atoms with Crippen LogP contribution in [0.15, 0.2) is 30.3 Å². The lowest BCUT2D eigenvalue weighted by atomic mass is 10.1. The quantitative estimate of drug-likeness (QED) is 0.652. The van der Waals surface area contributed by atoms with Gasteiger partial charge in [-0.2, -0.15) is 0 Å². The number of aryl methyl sites for hydroxylation is 1. The smallest absolute Gasteiger partial charge is 0.224 e. The van der Waals surface area contributed by atoms with Gasteiger partial charge in [0, 0.05) is 23.1 Å². The predicted molar refractivity (Wildman–Crippen MR) is 105 cm³/mol. The average Bonchev–Trinajstić information content (AvgIpc) is 3.00. The SMILES string of the molecule is COc1cc(CNC(=O)Cc2c(C)[nH]c3ccc(F)cc23)cc(OC)c1OC. The Bertz CT molecular complexity index is 988. The van der Waals surface area contributed by atoms with E-state index in [0.29, 0.717) is 23.8 Å². The van der Waals surface area contributed by atoms with Gasteiger partial charge in [0.2, 0.25) is 11.7 Å². The minimum atomic E-state index is -0.328. The van der Waals surface area contributed by atoms with Crippen LogP contribution in [0.3, 0.4) is 0 Å². The number of carbonyl (C=O) groups excluding carboxylic acids is 1. The van der Waals surface area contributed by atoms with Crippen molar-refractivity contribution in [2.45, 2.75) is 19.9 Å². The van der Waals surface area contributed by atoms with Gasteiger partial charge in [0.05, 0.1) is 27.8 Å².